The van der Waals surface area contributed by atoms with E-state index in [-0.39, 0.29) is 0 Å². The number of aliphatic hydroxyl groups excluding tert-OH is 1. The van der Waals surface area contributed by atoms with E-state index >= 15 is 0 Å². The molecule has 0 aromatic heterocycles. The molecule has 0 atom stereocenters. The van der Waals surface area contributed by atoms with E-state index in [2.05, 4.69) is 45.5 Å². The van der Waals surface area contributed by atoms with Gasteiger partial charge in [0, 0.05) is 6.61 Å². The predicted octanol–water partition coefficient (Wildman–Crippen LogP) is 7.09. The molecule has 1 rings (SSSR count). The number of hydrogen-bond acceptors (Lipinski definition) is 1. The van der Waals surface area contributed by atoms with Crippen LogP contribution in [-0.4, -0.2) is 11.7 Å². The molecule has 134 valence electrons. The summed E-state index contributed by atoms with van der Waals surface area (Å²) in [6, 6.07) is 6.36. The molecule has 1 heteroatoms. The molecular formula is C22H40O. The molecule has 23 heavy (non-hydrogen) atoms. The zero-order valence-corrected chi connectivity index (χ0v) is 16.3. The monoisotopic (exact) mass is 320 g/mol. The lowest BCUT2D eigenvalue weighted by molar-refractivity contribution is 0.282. The van der Waals surface area contributed by atoms with Crippen LogP contribution in [0.4, 0.5) is 0 Å². The first-order valence-electron chi connectivity index (χ1n) is 9.46. The lowest BCUT2D eigenvalue weighted by atomic mass is 10.1. The van der Waals surface area contributed by atoms with Gasteiger partial charge in [-0.05, 0) is 31.4 Å². The fourth-order valence-electron chi connectivity index (χ4n) is 2.30. The maximum absolute atomic E-state index is 8.51. The summed E-state index contributed by atoms with van der Waals surface area (Å²) in [6.45, 7) is 14.5. The average Bonchev–Trinajstić information content (AvgIpc) is 2.57. The maximum Gasteiger partial charge on any atom is 0.0431 e. The summed E-state index contributed by atoms with van der Waals surface area (Å²) in [5.74, 6) is 0. The standard InChI is InChI=1S/C10H22O.C10H12.C2H6/c1-2-3-4-5-6-7-8-9-10-11;1-4-10-6-5-8(2)7-9(10)3;1-2/h11H,2-10H2,1H3;4-7H,1H2,2-3H3;1-2H3. The number of hydrogen-bond donors (Lipinski definition) is 1. The molecule has 1 aromatic carbocycles. The Morgan fingerprint density at radius 3 is 1.87 bits per heavy atom. The van der Waals surface area contributed by atoms with E-state index in [1.807, 2.05) is 19.9 Å². The smallest absolute Gasteiger partial charge is 0.0431 e. The van der Waals surface area contributed by atoms with Gasteiger partial charge in [0.15, 0.2) is 0 Å². The first kappa shape index (κ1) is 24.2. The number of aliphatic hydroxyl groups is 1. The predicted molar refractivity (Wildman–Crippen MR) is 107 cm³/mol. The molecule has 0 saturated heterocycles. The summed E-state index contributed by atoms with van der Waals surface area (Å²) in [4.78, 5) is 0. The molecule has 0 amide bonds. The quantitative estimate of drug-likeness (QED) is 0.481. The number of unbranched alkanes of at least 4 members (excludes halogenated alkanes) is 7. The van der Waals surface area contributed by atoms with Crippen molar-refractivity contribution in [2.45, 2.75) is 86.0 Å². The lowest BCUT2D eigenvalue weighted by Crippen LogP contribution is -1.83. The molecule has 0 bridgehead atoms. The fraction of sp³-hybridized carbons (Fsp3) is 0.636. The van der Waals surface area contributed by atoms with Gasteiger partial charge in [-0.25, -0.2) is 0 Å². The second-order valence-electron chi connectivity index (χ2n) is 5.76. The molecule has 0 spiro atoms. The zero-order valence-electron chi connectivity index (χ0n) is 16.3. The van der Waals surface area contributed by atoms with Gasteiger partial charge in [0.2, 0.25) is 0 Å². The van der Waals surface area contributed by atoms with Gasteiger partial charge in [0.1, 0.15) is 0 Å². The Labute approximate surface area is 145 Å². The molecule has 0 aliphatic heterocycles. The Bertz CT molecular complexity index is 360. The average molecular weight is 321 g/mol. The van der Waals surface area contributed by atoms with Crippen molar-refractivity contribution in [3.8, 4) is 0 Å². The second kappa shape index (κ2) is 19.0. The third kappa shape index (κ3) is 15.6. The van der Waals surface area contributed by atoms with Crippen LogP contribution in [0.25, 0.3) is 6.08 Å². The third-order valence-corrected chi connectivity index (χ3v) is 3.66. The number of benzene rings is 1. The van der Waals surface area contributed by atoms with E-state index in [9.17, 15) is 0 Å². The van der Waals surface area contributed by atoms with Gasteiger partial charge in [-0.1, -0.05) is 102 Å². The molecule has 0 heterocycles. The summed E-state index contributed by atoms with van der Waals surface area (Å²) < 4.78 is 0. The summed E-state index contributed by atoms with van der Waals surface area (Å²) >= 11 is 0. The van der Waals surface area contributed by atoms with Crippen LogP contribution in [0.15, 0.2) is 24.8 Å². The summed E-state index contributed by atoms with van der Waals surface area (Å²) in [7, 11) is 0. The van der Waals surface area contributed by atoms with E-state index in [1.54, 1.807) is 0 Å². The minimum atomic E-state index is 0.370. The lowest BCUT2D eigenvalue weighted by Gasteiger charge is -1.99. The molecule has 0 saturated carbocycles. The highest BCUT2D eigenvalue weighted by Gasteiger charge is 1.91. The van der Waals surface area contributed by atoms with E-state index < -0.39 is 0 Å². The second-order valence-corrected chi connectivity index (χ2v) is 5.76. The summed E-state index contributed by atoms with van der Waals surface area (Å²) in [5.41, 5.74) is 3.84. The van der Waals surface area contributed by atoms with Gasteiger partial charge >= 0.3 is 0 Å². The minimum Gasteiger partial charge on any atom is -0.396 e. The van der Waals surface area contributed by atoms with Crippen LogP contribution in [0.2, 0.25) is 0 Å². The van der Waals surface area contributed by atoms with Gasteiger partial charge in [-0.15, -0.1) is 0 Å². The molecule has 0 unspecified atom stereocenters. The van der Waals surface area contributed by atoms with E-state index in [0.29, 0.717) is 6.61 Å². The van der Waals surface area contributed by atoms with Gasteiger partial charge < -0.3 is 5.11 Å². The normalized spacial score (nSPS) is 9.30. The van der Waals surface area contributed by atoms with Crippen molar-refractivity contribution in [3.05, 3.63) is 41.5 Å². The zero-order chi connectivity index (χ0) is 17.9. The van der Waals surface area contributed by atoms with Crippen LogP contribution < -0.4 is 0 Å². The molecule has 0 fully saturated rings. The van der Waals surface area contributed by atoms with Crippen molar-refractivity contribution in [1.29, 1.82) is 0 Å². The summed E-state index contributed by atoms with van der Waals surface area (Å²) in [6.07, 6.45) is 12.3. The third-order valence-electron chi connectivity index (χ3n) is 3.66. The Morgan fingerprint density at radius 2 is 1.43 bits per heavy atom. The Hall–Kier alpha value is -1.08. The SMILES string of the molecule is C=Cc1ccc(C)cc1C.CC.CCCCCCCCCCO. The van der Waals surface area contributed by atoms with Crippen LogP contribution in [0.1, 0.15) is 88.8 Å². The van der Waals surface area contributed by atoms with Crippen LogP contribution in [0.3, 0.4) is 0 Å². The summed E-state index contributed by atoms with van der Waals surface area (Å²) in [5, 5.41) is 8.51. The van der Waals surface area contributed by atoms with Crippen LogP contribution in [-0.2, 0) is 0 Å². The molecule has 1 N–H and O–H groups in total. The molecule has 0 aliphatic rings. The van der Waals surface area contributed by atoms with Crippen molar-refractivity contribution in [3.63, 3.8) is 0 Å². The molecular weight excluding hydrogens is 280 g/mol. The van der Waals surface area contributed by atoms with E-state index in [4.69, 9.17) is 5.11 Å². The first-order valence-corrected chi connectivity index (χ1v) is 9.46. The van der Waals surface area contributed by atoms with Gasteiger partial charge in [0.25, 0.3) is 0 Å². The highest BCUT2D eigenvalue weighted by molar-refractivity contribution is 5.52. The molecule has 1 nitrogen and oxygen atoms in total. The first-order chi connectivity index (χ1) is 11.2. The van der Waals surface area contributed by atoms with Crippen molar-refractivity contribution >= 4 is 6.08 Å². The topological polar surface area (TPSA) is 20.2 Å². The van der Waals surface area contributed by atoms with Gasteiger partial charge in [-0.2, -0.15) is 0 Å². The largest absolute Gasteiger partial charge is 0.396 e. The maximum atomic E-state index is 8.51. The Balaban J connectivity index is 0. The van der Waals surface area contributed by atoms with Crippen molar-refractivity contribution in [2.75, 3.05) is 6.61 Å². The number of aryl methyl sites for hydroxylation is 2. The number of rotatable bonds is 9. The van der Waals surface area contributed by atoms with Crippen molar-refractivity contribution in [2.24, 2.45) is 0 Å². The molecule has 1 aromatic rings. The highest BCUT2D eigenvalue weighted by Crippen LogP contribution is 2.10. The van der Waals surface area contributed by atoms with Gasteiger partial charge in [0.05, 0.1) is 0 Å². The van der Waals surface area contributed by atoms with Crippen LogP contribution in [0, 0.1) is 13.8 Å². The van der Waals surface area contributed by atoms with E-state index in [0.717, 1.165) is 6.42 Å². The van der Waals surface area contributed by atoms with Crippen molar-refractivity contribution in [1.82, 2.24) is 0 Å². The van der Waals surface area contributed by atoms with Gasteiger partial charge in [-0.3, -0.25) is 0 Å². The Morgan fingerprint density at radius 1 is 0.913 bits per heavy atom. The fourth-order valence-corrected chi connectivity index (χ4v) is 2.30. The van der Waals surface area contributed by atoms with E-state index in [1.165, 1.54) is 61.6 Å². The Kier molecular flexibility index (Phi) is 19.9. The minimum absolute atomic E-state index is 0.370. The highest BCUT2D eigenvalue weighted by atomic mass is 16.2. The molecule has 0 radical (unpaired) electrons. The van der Waals surface area contributed by atoms with Crippen LogP contribution >= 0.6 is 0 Å². The molecule has 0 aliphatic carbocycles. The van der Waals surface area contributed by atoms with Crippen molar-refractivity contribution < 1.29 is 5.11 Å². The van der Waals surface area contributed by atoms with Crippen LogP contribution in [0.5, 0.6) is 0 Å².